The molecular formula is C24H33N3O3. The first kappa shape index (κ1) is 23.3. The molecule has 0 radical (unpaired) electrons. The number of benzene rings is 2. The Balaban J connectivity index is 1.93. The van der Waals surface area contributed by atoms with Crippen LogP contribution in [0.25, 0.3) is 0 Å². The highest BCUT2D eigenvalue weighted by molar-refractivity contribution is 5.97. The van der Waals surface area contributed by atoms with Gasteiger partial charge in [0.2, 0.25) is 5.91 Å². The van der Waals surface area contributed by atoms with Crippen molar-refractivity contribution < 1.29 is 14.3 Å². The van der Waals surface area contributed by atoms with Gasteiger partial charge in [-0.1, -0.05) is 31.5 Å². The summed E-state index contributed by atoms with van der Waals surface area (Å²) in [7, 11) is 1.63. The van der Waals surface area contributed by atoms with Crippen molar-refractivity contribution in [2.75, 3.05) is 19.0 Å². The second-order valence-corrected chi connectivity index (χ2v) is 8.04. The number of rotatable bonds is 10. The lowest BCUT2D eigenvalue weighted by molar-refractivity contribution is -0.123. The van der Waals surface area contributed by atoms with Crippen molar-refractivity contribution in [2.24, 2.45) is 5.92 Å². The van der Waals surface area contributed by atoms with Gasteiger partial charge in [-0.15, -0.1) is 0 Å². The third-order valence-corrected chi connectivity index (χ3v) is 4.70. The Bertz CT molecular complexity index is 834. The maximum Gasteiger partial charge on any atom is 0.251 e. The molecule has 0 aliphatic carbocycles. The van der Waals surface area contributed by atoms with Crippen LogP contribution in [0.2, 0.25) is 0 Å². The standard InChI is InChI=1S/C24H33N3O3/c1-16(2)13-22(27-23(28)19-8-6-7-17(3)14-19)24(29)26-18(4)15-25-20-9-11-21(30-5)12-10-20/h6-12,14,16,18,22,25H,13,15H2,1-5H3,(H,26,29)(H,27,28)/t18-,22?/m0/s1. The number of hydrogen-bond donors (Lipinski definition) is 3. The first-order valence-electron chi connectivity index (χ1n) is 10.3. The molecule has 2 rings (SSSR count). The van der Waals surface area contributed by atoms with Gasteiger partial charge in [-0.2, -0.15) is 0 Å². The van der Waals surface area contributed by atoms with Gasteiger partial charge in [0, 0.05) is 23.8 Å². The average Bonchev–Trinajstić information content (AvgIpc) is 2.71. The summed E-state index contributed by atoms with van der Waals surface area (Å²) >= 11 is 0. The Morgan fingerprint density at radius 2 is 1.70 bits per heavy atom. The molecule has 0 heterocycles. The highest BCUT2D eigenvalue weighted by Crippen LogP contribution is 2.15. The Morgan fingerprint density at radius 1 is 1.00 bits per heavy atom. The van der Waals surface area contributed by atoms with E-state index >= 15 is 0 Å². The number of nitrogens with one attached hydrogen (secondary N) is 3. The molecule has 0 saturated carbocycles. The van der Waals surface area contributed by atoms with Gasteiger partial charge in [-0.3, -0.25) is 9.59 Å². The zero-order chi connectivity index (χ0) is 22.1. The van der Waals surface area contributed by atoms with E-state index in [1.165, 1.54) is 0 Å². The minimum absolute atomic E-state index is 0.106. The molecule has 0 fully saturated rings. The summed E-state index contributed by atoms with van der Waals surface area (Å²) in [5.41, 5.74) is 2.51. The van der Waals surface area contributed by atoms with E-state index < -0.39 is 6.04 Å². The molecule has 3 N–H and O–H groups in total. The van der Waals surface area contributed by atoms with Crippen molar-refractivity contribution in [3.63, 3.8) is 0 Å². The zero-order valence-electron chi connectivity index (χ0n) is 18.5. The Morgan fingerprint density at radius 3 is 2.30 bits per heavy atom. The van der Waals surface area contributed by atoms with Crippen LogP contribution in [-0.2, 0) is 4.79 Å². The summed E-state index contributed by atoms with van der Waals surface area (Å²) in [4.78, 5) is 25.5. The summed E-state index contributed by atoms with van der Waals surface area (Å²) in [6.07, 6.45) is 0.571. The van der Waals surface area contributed by atoms with Crippen LogP contribution in [0.4, 0.5) is 5.69 Å². The SMILES string of the molecule is COc1ccc(NC[C@H](C)NC(=O)C(CC(C)C)NC(=O)c2cccc(C)c2)cc1. The third-order valence-electron chi connectivity index (χ3n) is 4.70. The second kappa shape index (κ2) is 11.2. The van der Waals surface area contributed by atoms with Gasteiger partial charge >= 0.3 is 0 Å². The molecule has 0 aromatic heterocycles. The predicted molar refractivity (Wildman–Crippen MR) is 121 cm³/mol. The smallest absolute Gasteiger partial charge is 0.251 e. The lowest BCUT2D eigenvalue weighted by Crippen LogP contribution is -2.50. The van der Waals surface area contributed by atoms with Crippen molar-refractivity contribution in [1.29, 1.82) is 0 Å². The van der Waals surface area contributed by atoms with Gasteiger partial charge in [-0.05, 0) is 62.6 Å². The summed E-state index contributed by atoms with van der Waals surface area (Å²) in [5.74, 6) is 0.659. The van der Waals surface area contributed by atoms with Crippen LogP contribution in [0.3, 0.4) is 0 Å². The summed E-state index contributed by atoms with van der Waals surface area (Å²) < 4.78 is 5.16. The van der Waals surface area contributed by atoms with Crippen LogP contribution in [-0.4, -0.2) is 37.6 Å². The van der Waals surface area contributed by atoms with E-state index in [4.69, 9.17) is 4.74 Å². The normalized spacial score (nSPS) is 12.7. The van der Waals surface area contributed by atoms with Crippen molar-refractivity contribution in [1.82, 2.24) is 10.6 Å². The molecular weight excluding hydrogens is 378 g/mol. The fourth-order valence-corrected chi connectivity index (χ4v) is 3.11. The molecule has 2 atom stereocenters. The maximum atomic E-state index is 12.8. The second-order valence-electron chi connectivity index (χ2n) is 8.04. The molecule has 2 aromatic carbocycles. The molecule has 0 aliphatic rings. The molecule has 2 aromatic rings. The summed E-state index contributed by atoms with van der Waals surface area (Å²) in [5, 5.41) is 9.20. The summed E-state index contributed by atoms with van der Waals surface area (Å²) in [6.45, 7) is 8.51. The van der Waals surface area contributed by atoms with Crippen LogP contribution in [0.1, 0.15) is 43.1 Å². The Kier molecular flexibility index (Phi) is 8.71. The third kappa shape index (κ3) is 7.43. The number of carbonyl (C=O) groups excluding carboxylic acids is 2. The lowest BCUT2D eigenvalue weighted by Gasteiger charge is -2.23. The van der Waals surface area contributed by atoms with Gasteiger partial charge in [-0.25, -0.2) is 0 Å². The molecule has 0 spiro atoms. The van der Waals surface area contributed by atoms with E-state index in [1.807, 2.05) is 70.2 Å². The van der Waals surface area contributed by atoms with Gasteiger partial charge in [0.15, 0.2) is 0 Å². The molecule has 0 saturated heterocycles. The van der Waals surface area contributed by atoms with Crippen molar-refractivity contribution >= 4 is 17.5 Å². The number of methoxy groups -OCH3 is 1. The van der Waals surface area contributed by atoms with E-state index in [-0.39, 0.29) is 23.8 Å². The first-order chi connectivity index (χ1) is 14.3. The van der Waals surface area contributed by atoms with Crippen LogP contribution in [0.5, 0.6) is 5.75 Å². The van der Waals surface area contributed by atoms with E-state index in [2.05, 4.69) is 16.0 Å². The van der Waals surface area contributed by atoms with Crippen LogP contribution in [0.15, 0.2) is 48.5 Å². The molecule has 2 amide bonds. The van der Waals surface area contributed by atoms with E-state index in [0.29, 0.717) is 18.5 Å². The zero-order valence-corrected chi connectivity index (χ0v) is 18.5. The lowest BCUT2D eigenvalue weighted by atomic mass is 10.0. The van der Waals surface area contributed by atoms with Gasteiger partial charge in [0.25, 0.3) is 5.91 Å². The number of hydrogen-bond acceptors (Lipinski definition) is 4. The van der Waals surface area contributed by atoms with E-state index in [1.54, 1.807) is 13.2 Å². The van der Waals surface area contributed by atoms with Gasteiger partial charge < -0.3 is 20.7 Å². The molecule has 6 heteroatoms. The summed E-state index contributed by atoms with van der Waals surface area (Å²) in [6, 6.07) is 14.3. The largest absolute Gasteiger partial charge is 0.497 e. The molecule has 162 valence electrons. The van der Waals surface area contributed by atoms with E-state index in [9.17, 15) is 9.59 Å². The van der Waals surface area contributed by atoms with Gasteiger partial charge in [0.05, 0.1) is 7.11 Å². The predicted octanol–water partition coefficient (Wildman–Crippen LogP) is 3.76. The van der Waals surface area contributed by atoms with Crippen molar-refractivity contribution in [2.45, 2.75) is 46.2 Å². The highest BCUT2D eigenvalue weighted by atomic mass is 16.5. The molecule has 0 bridgehead atoms. The fourth-order valence-electron chi connectivity index (χ4n) is 3.11. The molecule has 30 heavy (non-hydrogen) atoms. The minimum atomic E-state index is -0.582. The number of aryl methyl sites for hydroxylation is 1. The Labute approximate surface area is 179 Å². The number of anilines is 1. The minimum Gasteiger partial charge on any atom is -0.497 e. The quantitative estimate of drug-likeness (QED) is 0.556. The molecule has 0 aliphatic heterocycles. The topological polar surface area (TPSA) is 79.5 Å². The number of carbonyl (C=O) groups is 2. The van der Waals surface area contributed by atoms with Gasteiger partial charge in [0.1, 0.15) is 11.8 Å². The monoisotopic (exact) mass is 411 g/mol. The molecule has 6 nitrogen and oxygen atoms in total. The average molecular weight is 412 g/mol. The molecule has 1 unspecified atom stereocenters. The van der Waals surface area contributed by atoms with Crippen LogP contribution >= 0.6 is 0 Å². The number of amides is 2. The van der Waals surface area contributed by atoms with Crippen molar-refractivity contribution in [3.8, 4) is 5.75 Å². The highest BCUT2D eigenvalue weighted by Gasteiger charge is 2.23. The fraction of sp³-hybridized carbons (Fsp3) is 0.417. The van der Waals surface area contributed by atoms with E-state index in [0.717, 1.165) is 17.0 Å². The first-order valence-corrected chi connectivity index (χ1v) is 10.3. The van der Waals surface area contributed by atoms with Crippen LogP contribution in [0, 0.1) is 12.8 Å². The Hall–Kier alpha value is -3.02. The number of ether oxygens (including phenoxy) is 1. The van der Waals surface area contributed by atoms with Crippen LogP contribution < -0.4 is 20.7 Å². The van der Waals surface area contributed by atoms with Crippen molar-refractivity contribution in [3.05, 3.63) is 59.7 Å². The maximum absolute atomic E-state index is 12.8.